The monoisotopic (exact) mass is 221 g/mol. The number of Topliss-reactive ketones (excluding diaryl/α,β-unsaturated/α-hetero) is 1. The second kappa shape index (κ2) is 3.28. The molecule has 4 heteroatoms. The highest BCUT2D eigenvalue weighted by atomic mass is 35.5. The van der Waals surface area contributed by atoms with Crippen LogP contribution in [0.4, 0.5) is 0 Å². The number of rotatable bonds is 2. The normalized spacial score (nSPS) is 24.4. The highest BCUT2D eigenvalue weighted by Crippen LogP contribution is 2.35. The van der Waals surface area contributed by atoms with E-state index in [4.69, 9.17) is 11.6 Å². The number of aliphatic imine (C=N–C) groups is 1. The van der Waals surface area contributed by atoms with Crippen molar-refractivity contribution in [2.45, 2.75) is 6.92 Å². The number of benzene rings is 1. The first-order valence-electron chi connectivity index (χ1n) is 4.46. The SMILES string of the molecule is CC1(C(=O)c2ccccc2)C(=O)N=C1Cl. The molecule has 15 heavy (non-hydrogen) atoms. The summed E-state index contributed by atoms with van der Waals surface area (Å²) < 4.78 is 0. The van der Waals surface area contributed by atoms with E-state index in [0.29, 0.717) is 5.56 Å². The zero-order chi connectivity index (χ0) is 11.1. The number of amides is 1. The molecule has 0 saturated carbocycles. The number of carbonyl (C=O) groups excluding carboxylic acids is 2. The summed E-state index contributed by atoms with van der Waals surface area (Å²) >= 11 is 5.70. The van der Waals surface area contributed by atoms with Gasteiger partial charge in [-0.25, -0.2) is 4.99 Å². The lowest BCUT2D eigenvalue weighted by molar-refractivity contribution is -0.123. The van der Waals surface area contributed by atoms with Crippen LogP contribution >= 0.6 is 11.6 Å². The van der Waals surface area contributed by atoms with Gasteiger partial charge in [0.2, 0.25) is 0 Å². The predicted molar refractivity (Wildman–Crippen MR) is 57.2 cm³/mol. The Kier molecular flexibility index (Phi) is 2.20. The Morgan fingerprint density at radius 1 is 1.33 bits per heavy atom. The molecule has 0 aliphatic carbocycles. The van der Waals surface area contributed by atoms with Gasteiger partial charge in [0, 0.05) is 5.56 Å². The van der Waals surface area contributed by atoms with Crippen LogP contribution in [0, 0.1) is 5.41 Å². The molecule has 0 aromatic heterocycles. The highest BCUT2D eigenvalue weighted by Gasteiger charge is 2.52. The molecule has 1 aliphatic heterocycles. The van der Waals surface area contributed by atoms with Gasteiger partial charge >= 0.3 is 0 Å². The van der Waals surface area contributed by atoms with Gasteiger partial charge in [0.15, 0.2) is 11.2 Å². The molecule has 0 fully saturated rings. The third-order valence-corrected chi connectivity index (χ3v) is 2.99. The molecule has 1 aromatic rings. The van der Waals surface area contributed by atoms with Crippen LogP contribution in [0.15, 0.2) is 35.3 Å². The lowest BCUT2D eigenvalue weighted by atomic mass is 9.79. The van der Waals surface area contributed by atoms with E-state index >= 15 is 0 Å². The lowest BCUT2D eigenvalue weighted by Gasteiger charge is -2.29. The van der Waals surface area contributed by atoms with Crippen molar-refractivity contribution < 1.29 is 9.59 Å². The van der Waals surface area contributed by atoms with E-state index in [1.807, 2.05) is 0 Å². The average molecular weight is 222 g/mol. The van der Waals surface area contributed by atoms with Gasteiger partial charge in [0.05, 0.1) is 0 Å². The maximum atomic E-state index is 12.0. The molecule has 1 atom stereocenters. The summed E-state index contributed by atoms with van der Waals surface area (Å²) in [6.07, 6.45) is 0. The topological polar surface area (TPSA) is 46.5 Å². The molecular formula is C11H8ClNO2. The zero-order valence-electron chi connectivity index (χ0n) is 8.03. The standard InChI is InChI=1S/C11H8ClNO2/c1-11(9(12)13-10(11)15)8(14)7-5-3-2-4-6-7/h2-6H,1H3. The minimum absolute atomic E-state index is 0.0707. The second-order valence-electron chi connectivity index (χ2n) is 3.53. The van der Waals surface area contributed by atoms with Crippen LogP contribution in [-0.2, 0) is 4.79 Å². The fourth-order valence-electron chi connectivity index (χ4n) is 1.42. The van der Waals surface area contributed by atoms with Gasteiger partial charge in [0.1, 0.15) is 5.17 Å². The molecule has 1 amide bonds. The molecule has 0 N–H and O–H groups in total. The summed E-state index contributed by atoms with van der Waals surface area (Å²) in [6.45, 7) is 1.50. The summed E-state index contributed by atoms with van der Waals surface area (Å²) in [7, 11) is 0. The molecule has 76 valence electrons. The van der Waals surface area contributed by atoms with E-state index in [-0.39, 0.29) is 11.0 Å². The molecule has 2 rings (SSSR count). The minimum atomic E-state index is -1.26. The molecular weight excluding hydrogens is 214 g/mol. The van der Waals surface area contributed by atoms with E-state index in [0.717, 1.165) is 0 Å². The van der Waals surface area contributed by atoms with Crippen LogP contribution < -0.4 is 0 Å². The van der Waals surface area contributed by atoms with Crippen molar-refractivity contribution in [1.82, 2.24) is 0 Å². The van der Waals surface area contributed by atoms with Crippen LogP contribution in [0.2, 0.25) is 0 Å². The minimum Gasteiger partial charge on any atom is -0.292 e. The van der Waals surface area contributed by atoms with Gasteiger partial charge < -0.3 is 0 Å². The van der Waals surface area contributed by atoms with Gasteiger partial charge in [-0.2, -0.15) is 0 Å². The van der Waals surface area contributed by atoms with Crippen molar-refractivity contribution in [2.24, 2.45) is 10.4 Å². The Labute approximate surface area is 91.8 Å². The fourth-order valence-corrected chi connectivity index (χ4v) is 1.66. The van der Waals surface area contributed by atoms with Gasteiger partial charge in [0.25, 0.3) is 5.91 Å². The molecule has 0 radical (unpaired) electrons. The zero-order valence-corrected chi connectivity index (χ0v) is 8.78. The number of carbonyl (C=O) groups is 2. The summed E-state index contributed by atoms with van der Waals surface area (Å²) in [5.74, 6) is -0.769. The largest absolute Gasteiger partial charge is 0.292 e. The number of ketones is 1. The molecule has 1 heterocycles. The average Bonchev–Trinajstić information content (AvgIpc) is 2.28. The Hall–Kier alpha value is -1.48. The maximum absolute atomic E-state index is 12.0. The third-order valence-electron chi connectivity index (χ3n) is 2.53. The molecule has 0 spiro atoms. The fraction of sp³-hybridized carbons (Fsp3) is 0.182. The van der Waals surface area contributed by atoms with Gasteiger partial charge in [-0.3, -0.25) is 9.59 Å². The molecule has 1 unspecified atom stereocenters. The molecule has 3 nitrogen and oxygen atoms in total. The van der Waals surface area contributed by atoms with Crippen molar-refractivity contribution in [3.05, 3.63) is 35.9 Å². The summed E-state index contributed by atoms with van der Waals surface area (Å²) in [6, 6.07) is 8.60. The maximum Gasteiger partial charge on any atom is 0.267 e. The Bertz CT molecular complexity index is 467. The first-order valence-corrected chi connectivity index (χ1v) is 4.83. The number of halogens is 1. The van der Waals surface area contributed by atoms with Crippen molar-refractivity contribution in [2.75, 3.05) is 0 Å². The number of hydrogen-bond donors (Lipinski definition) is 0. The predicted octanol–water partition coefficient (Wildman–Crippen LogP) is 2.05. The van der Waals surface area contributed by atoms with Gasteiger partial charge in [-0.05, 0) is 6.92 Å². The summed E-state index contributed by atoms with van der Waals surface area (Å²) in [5, 5.41) is 0.0707. The van der Waals surface area contributed by atoms with Crippen LogP contribution in [0.25, 0.3) is 0 Å². The van der Waals surface area contributed by atoms with E-state index in [2.05, 4.69) is 4.99 Å². The van der Waals surface area contributed by atoms with Crippen LogP contribution in [0.3, 0.4) is 0 Å². The van der Waals surface area contributed by atoms with Crippen molar-refractivity contribution in [3.8, 4) is 0 Å². The first-order chi connectivity index (χ1) is 7.06. The number of hydrogen-bond acceptors (Lipinski definition) is 2. The third kappa shape index (κ3) is 1.31. The highest BCUT2D eigenvalue weighted by molar-refractivity contribution is 6.75. The van der Waals surface area contributed by atoms with Crippen molar-refractivity contribution >= 4 is 28.5 Å². The van der Waals surface area contributed by atoms with E-state index in [1.165, 1.54) is 6.92 Å². The second-order valence-corrected chi connectivity index (χ2v) is 3.89. The quantitative estimate of drug-likeness (QED) is 0.567. The van der Waals surface area contributed by atoms with Crippen molar-refractivity contribution in [3.63, 3.8) is 0 Å². The Balaban J connectivity index is 2.39. The molecule has 1 aromatic carbocycles. The van der Waals surface area contributed by atoms with Crippen LogP contribution in [-0.4, -0.2) is 16.9 Å². The lowest BCUT2D eigenvalue weighted by Crippen LogP contribution is -2.48. The summed E-state index contributed by atoms with van der Waals surface area (Å²) in [4.78, 5) is 26.7. The Morgan fingerprint density at radius 3 is 2.40 bits per heavy atom. The van der Waals surface area contributed by atoms with E-state index in [1.54, 1.807) is 30.3 Å². The number of nitrogens with zero attached hydrogens (tertiary/aromatic N) is 1. The van der Waals surface area contributed by atoms with Gasteiger partial charge in [-0.1, -0.05) is 41.9 Å². The van der Waals surface area contributed by atoms with Crippen LogP contribution in [0.5, 0.6) is 0 Å². The smallest absolute Gasteiger partial charge is 0.267 e. The van der Waals surface area contributed by atoms with Gasteiger partial charge in [-0.15, -0.1) is 0 Å². The van der Waals surface area contributed by atoms with E-state index < -0.39 is 11.3 Å². The first kappa shape index (κ1) is 10.1. The molecule has 0 bridgehead atoms. The molecule has 1 aliphatic rings. The van der Waals surface area contributed by atoms with E-state index in [9.17, 15) is 9.59 Å². The molecule has 0 saturated heterocycles. The van der Waals surface area contributed by atoms with Crippen molar-refractivity contribution in [1.29, 1.82) is 0 Å². The summed E-state index contributed by atoms with van der Waals surface area (Å²) in [5.41, 5.74) is -0.787. The Morgan fingerprint density at radius 2 is 1.93 bits per heavy atom. The van der Waals surface area contributed by atoms with Crippen LogP contribution in [0.1, 0.15) is 17.3 Å².